The highest BCUT2D eigenvalue weighted by atomic mass is 19.1. The van der Waals surface area contributed by atoms with Gasteiger partial charge in [-0.05, 0) is 56.7 Å². The second-order valence-corrected chi connectivity index (χ2v) is 16.3. The molecule has 6 amide bonds. The molecule has 2 N–H and O–H groups in total. The summed E-state index contributed by atoms with van der Waals surface area (Å²) in [6.45, 7) is 9.84. The third-order valence-corrected chi connectivity index (χ3v) is 10.6. The quantitative estimate of drug-likeness (QED) is 0.124. The largest absolute Gasteiger partial charge is 0.445 e. The second kappa shape index (κ2) is 21.0. The number of piperazine rings is 2. The Kier molecular flexibility index (Phi) is 15.3. The minimum Gasteiger partial charge on any atom is -0.445 e. The van der Waals surface area contributed by atoms with Gasteiger partial charge in [-0.15, -0.1) is 0 Å². The van der Waals surface area contributed by atoms with E-state index >= 15 is 4.39 Å². The number of aromatic amines is 1. The van der Waals surface area contributed by atoms with E-state index in [1.807, 2.05) is 0 Å². The number of nitrogens with zero attached hydrogens (tertiary/aromatic N) is 6. The van der Waals surface area contributed by atoms with E-state index in [0.717, 1.165) is 0 Å². The number of H-pyrrole nitrogens is 1. The van der Waals surface area contributed by atoms with E-state index in [0.29, 0.717) is 46.6 Å². The van der Waals surface area contributed by atoms with Crippen LogP contribution in [0.3, 0.4) is 0 Å². The summed E-state index contributed by atoms with van der Waals surface area (Å²) in [6, 6.07) is 14.7. The van der Waals surface area contributed by atoms with Gasteiger partial charge in [-0.3, -0.25) is 38.6 Å². The molecule has 6 rings (SSSR count). The first-order chi connectivity index (χ1) is 30.6. The monoisotopic (exact) mass is 884 g/mol. The van der Waals surface area contributed by atoms with Gasteiger partial charge < -0.3 is 33.9 Å². The molecule has 0 spiro atoms. The molecule has 0 saturated carbocycles. The van der Waals surface area contributed by atoms with Crippen molar-refractivity contribution in [2.24, 2.45) is 0 Å². The maximum absolute atomic E-state index is 15.1. The third-order valence-electron chi connectivity index (χ3n) is 10.6. The zero-order valence-electron chi connectivity index (χ0n) is 36.2. The van der Waals surface area contributed by atoms with Crippen molar-refractivity contribution in [3.8, 4) is 0 Å². The van der Waals surface area contributed by atoms with Crippen LogP contribution in [0.4, 0.5) is 15.1 Å². The van der Waals surface area contributed by atoms with E-state index < -0.39 is 23.4 Å². The van der Waals surface area contributed by atoms with E-state index in [1.165, 1.54) is 42.7 Å². The maximum Gasteiger partial charge on any atom is 0.410 e. The molecule has 0 unspecified atom stereocenters. The number of halogens is 1. The Labute approximate surface area is 368 Å². The van der Waals surface area contributed by atoms with Crippen LogP contribution >= 0.6 is 0 Å². The van der Waals surface area contributed by atoms with Crippen LogP contribution in [0.1, 0.15) is 54.6 Å². The molecule has 2 aliphatic rings. The number of aromatic nitrogens is 2. The van der Waals surface area contributed by atoms with Crippen LogP contribution in [-0.2, 0) is 41.5 Å². The van der Waals surface area contributed by atoms with E-state index in [1.54, 1.807) is 63.2 Å². The van der Waals surface area contributed by atoms with Gasteiger partial charge >= 0.3 is 6.09 Å². The summed E-state index contributed by atoms with van der Waals surface area (Å²) < 4.78 is 32.1. The predicted molar refractivity (Wildman–Crippen MR) is 232 cm³/mol. The van der Waals surface area contributed by atoms with Crippen LogP contribution in [-0.4, -0.2) is 150 Å². The van der Waals surface area contributed by atoms with Crippen molar-refractivity contribution in [1.82, 2.24) is 35.1 Å². The summed E-state index contributed by atoms with van der Waals surface area (Å²) in [7, 11) is 0. The molecule has 2 saturated heterocycles. The number of carbonyl (C=O) groups excluding carboxylic acids is 6. The van der Waals surface area contributed by atoms with Crippen molar-refractivity contribution >= 4 is 52.3 Å². The van der Waals surface area contributed by atoms with Crippen molar-refractivity contribution in [2.75, 3.05) is 83.6 Å². The summed E-state index contributed by atoms with van der Waals surface area (Å²) in [5.41, 5.74) is -0.0626. The van der Waals surface area contributed by atoms with Crippen molar-refractivity contribution in [2.45, 2.75) is 45.6 Å². The topological polar surface area (TPSA) is 208 Å². The fourth-order valence-corrected chi connectivity index (χ4v) is 7.23. The smallest absolute Gasteiger partial charge is 0.410 e. The van der Waals surface area contributed by atoms with Gasteiger partial charge in [0.25, 0.3) is 11.5 Å². The van der Waals surface area contributed by atoms with Gasteiger partial charge in [0.1, 0.15) is 30.3 Å². The second-order valence-electron chi connectivity index (χ2n) is 16.3. The van der Waals surface area contributed by atoms with Gasteiger partial charge in [0.15, 0.2) is 0 Å². The van der Waals surface area contributed by atoms with Crippen molar-refractivity contribution in [1.29, 1.82) is 0 Å². The Balaban J connectivity index is 0.928. The molecule has 2 fully saturated rings. The van der Waals surface area contributed by atoms with Gasteiger partial charge in [0, 0.05) is 83.1 Å². The molecule has 19 heteroatoms. The minimum atomic E-state index is -0.830. The van der Waals surface area contributed by atoms with Crippen molar-refractivity contribution in [3.05, 3.63) is 106 Å². The molecule has 64 heavy (non-hydrogen) atoms. The number of anilines is 1. The Hall–Kier alpha value is -6.89. The van der Waals surface area contributed by atoms with E-state index in [9.17, 15) is 33.6 Å². The van der Waals surface area contributed by atoms with Gasteiger partial charge in [0.2, 0.25) is 29.5 Å². The first-order valence-electron chi connectivity index (χ1n) is 21.0. The number of aryl methyl sites for hydroxylation is 1. The molecule has 0 atom stereocenters. The van der Waals surface area contributed by atoms with Crippen LogP contribution in [0, 0.1) is 5.82 Å². The van der Waals surface area contributed by atoms with Gasteiger partial charge in [-0.2, -0.15) is 5.10 Å². The van der Waals surface area contributed by atoms with Gasteiger partial charge in [0.05, 0.1) is 29.9 Å². The molecule has 0 bridgehead atoms. The molecule has 2 aromatic heterocycles. The number of hydrogen-bond acceptors (Lipinski definition) is 11. The molecule has 0 aliphatic carbocycles. The summed E-state index contributed by atoms with van der Waals surface area (Å²) in [6.07, 6.45) is 1.13. The molecule has 4 aromatic rings. The number of rotatable bonds is 16. The number of nitrogens with one attached hydrogen (secondary N) is 2. The lowest BCUT2D eigenvalue weighted by Crippen LogP contribution is -2.53. The number of carbonyl (C=O) groups is 6. The summed E-state index contributed by atoms with van der Waals surface area (Å²) in [4.78, 5) is 96.5. The number of amides is 6. The number of furan rings is 1. The molecular formula is C45H53FN8O10. The lowest BCUT2D eigenvalue weighted by atomic mass is 10.0. The van der Waals surface area contributed by atoms with Crippen LogP contribution in [0.25, 0.3) is 10.8 Å². The van der Waals surface area contributed by atoms with E-state index in [2.05, 4.69) is 22.1 Å². The fourth-order valence-electron chi connectivity index (χ4n) is 7.23. The lowest BCUT2D eigenvalue weighted by Gasteiger charge is -2.36. The normalized spacial score (nSPS) is 14.4. The fraction of sp³-hybridized carbons (Fsp3) is 0.422. The number of fused-ring (bicyclic) bond motifs is 1. The number of benzene rings is 2. The predicted octanol–water partition coefficient (Wildman–Crippen LogP) is 2.89. The minimum absolute atomic E-state index is 0.0238. The van der Waals surface area contributed by atoms with Gasteiger partial charge in [-0.1, -0.05) is 30.8 Å². The van der Waals surface area contributed by atoms with Crippen LogP contribution in [0.15, 0.2) is 76.5 Å². The number of ether oxygens (including phenoxy) is 2. The highest BCUT2D eigenvalue weighted by molar-refractivity contribution is 5.99. The van der Waals surface area contributed by atoms with Crippen molar-refractivity contribution in [3.63, 3.8) is 0 Å². The molecule has 2 aliphatic heterocycles. The maximum atomic E-state index is 15.1. The Bertz CT molecular complexity index is 2440. The highest BCUT2D eigenvalue weighted by Crippen LogP contribution is 2.23. The lowest BCUT2D eigenvalue weighted by molar-refractivity contribution is -0.134. The average Bonchev–Trinajstić information content (AvgIpc) is 3.75. The molecule has 2 aromatic carbocycles. The molecule has 0 radical (unpaired) electrons. The van der Waals surface area contributed by atoms with Crippen LogP contribution in [0.5, 0.6) is 0 Å². The van der Waals surface area contributed by atoms with Crippen LogP contribution in [0.2, 0.25) is 0 Å². The molecule has 4 heterocycles. The van der Waals surface area contributed by atoms with Gasteiger partial charge in [-0.25, -0.2) is 14.3 Å². The Morgan fingerprint density at radius 2 is 1.66 bits per heavy atom. The van der Waals surface area contributed by atoms with E-state index in [-0.39, 0.29) is 120 Å². The SMILES string of the molecule is C=CC(=O)N1CCN(c2ccc(CCC(=O)NCCOCCN(CC(=O)N3CCN(C(=O)c4cc(Cc5n[nH]c(=O)c6ccccc56)ccc4F)CC3)C(=O)OC(C)(C)C)o2)C(=O)C1. The van der Waals surface area contributed by atoms with Crippen LogP contribution < -0.4 is 15.8 Å². The molecule has 18 nitrogen and oxygen atoms in total. The molecule has 340 valence electrons. The standard InChI is InChI=1S/C45H53FN8O10/c1-5-38(56)52-21-22-54(40(58)29-52)41-15-12-31(63-41)11-14-37(55)47-16-24-62-25-23-53(44(61)64-45(2,3)4)28-39(57)50-17-19-51(20-18-50)43(60)34-26-30(10-13-35(34)46)27-36-32-8-6-7-9-33(32)42(59)49-48-36/h5-10,12-13,15,26H,1,11,14,16-25,27-29H2,2-4H3,(H,47,55)(H,49,59). The van der Waals surface area contributed by atoms with E-state index in [4.69, 9.17) is 13.9 Å². The summed E-state index contributed by atoms with van der Waals surface area (Å²) in [5, 5.41) is 10.6. The third kappa shape index (κ3) is 12.2. The Morgan fingerprint density at radius 1 is 0.938 bits per heavy atom. The first-order valence-corrected chi connectivity index (χ1v) is 21.0. The summed E-state index contributed by atoms with van der Waals surface area (Å²) >= 11 is 0. The zero-order valence-corrected chi connectivity index (χ0v) is 36.2. The number of hydrogen-bond donors (Lipinski definition) is 2. The molecular weight excluding hydrogens is 832 g/mol. The first kappa shape index (κ1) is 46.6. The zero-order chi connectivity index (χ0) is 46.0. The highest BCUT2D eigenvalue weighted by Gasteiger charge is 2.31. The summed E-state index contributed by atoms with van der Waals surface area (Å²) in [5.74, 6) is -1.54. The average molecular weight is 885 g/mol. The van der Waals surface area contributed by atoms with Crippen molar-refractivity contribution < 1.29 is 47.0 Å². The Morgan fingerprint density at radius 3 is 2.38 bits per heavy atom.